The Morgan fingerprint density at radius 1 is 0.271 bits per heavy atom. The van der Waals surface area contributed by atoms with Gasteiger partial charge in [-0.15, -0.1) is 24.0 Å². The molecule has 11 heteroatoms. The molecule has 0 aliphatic heterocycles. The fourth-order valence-corrected chi connectivity index (χ4v) is 9.86. The minimum absolute atomic E-state index is 0. The summed E-state index contributed by atoms with van der Waals surface area (Å²) in [5.74, 6) is 0. The monoisotopic (exact) mass is 1140 g/mol. The Morgan fingerprint density at radius 3 is 1.37 bits per heavy atom. The van der Waals surface area contributed by atoms with Crippen molar-refractivity contribution >= 4 is 216 Å². The summed E-state index contributed by atoms with van der Waals surface area (Å²) in [7, 11) is 0. The molecule has 0 radical (unpaired) electrons. The lowest BCUT2D eigenvalue weighted by Crippen LogP contribution is -1.75. The maximum atomic E-state index is 6.35. The van der Waals surface area contributed by atoms with Crippen molar-refractivity contribution in [3.05, 3.63) is 142 Å². The minimum atomic E-state index is 0. The second kappa shape index (κ2) is 14.2. The van der Waals surface area contributed by atoms with Crippen molar-refractivity contribution in [1.29, 1.82) is 0 Å². The Hall–Kier alpha value is -4.79. The zero-order valence-corrected chi connectivity index (χ0v) is 38.7. The SMILES string of the molecule is BrBr.Brc1cc2oc3cc(Br)c4c5ccccc5oc4c3c2c2c1oc1ccccc12.I.c1ccc2c(c1)oc1c2ccc2oc3ccc4oc5ccccc5c4c3c21. The molecular formula is C48H23Br4IO6. The van der Waals surface area contributed by atoms with Crippen LogP contribution in [0.4, 0.5) is 0 Å². The van der Waals surface area contributed by atoms with Gasteiger partial charge in [0, 0.05) is 86.6 Å². The first-order chi connectivity index (χ1) is 28.6. The summed E-state index contributed by atoms with van der Waals surface area (Å²) in [6.07, 6.45) is 0. The highest BCUT2D eigenvalue weighted by molar-refractivity contribution is 14.0. The highest BCUT2D eigenvalue weighted by Gasteiger charge is 2.24. The van der Waals surface area contributed by atoms with Crippen LogP contribution in [-0.4, -0.2) is 0 Å². The summed E-state index contributed by atoms with van der Waals surface area (Å²) >= 11 is 12.9. The van der Waals surface area contributed by atoms with Gasteiger partial charge >= 0.3 is 0 Å². The molecule has 0 saturated carbocycles. The van der Waals surface area contributed by atoms with Crippen LogP contribution in [0.3, 0.4) is 0 Å². The zero-order chi connectivity index (χ0) is 38.8. The van der Waals surface area contributed by atoms with E-state index < -0.39 is 0 Å². The third-order valence-electron chi connectivity index (χ3n) is 11.1. The van der Waals surface area contributed by atoms with Gasteiger partial charge in [0.05, 0.1) is 15.2 Å². The van der Waals surface area contributed by atoms with Crippen molar-refractivity contribution in [1.82, 2.24) is 0 Å². The van der Waals surface area contributed by atoms with Crippen LogP contribution in [0.25, 0.3) is 132 Å². The number of hydrogen-bond donors (Lipinski definition) is 0. The molecule has 0 aliphatic rings. The van der Waals surface area contributed by atoms with Crippen molar-refractivity contribution in [2.75, 3.05) is 0 Å². The number of rotatable bonds is 0. The number of hydrogen-bond acceptors (Lipinski definition) is 6. The third-order valence-corrected chi connectivity index (χ3v) is 12.3. The van der Waals surface area contributed by atoms with Crippen molar-refractivity contribution in [2.45, 2.75) is 0 Å². The van der Waals surface area contributed by atoms with E-state index in [4.69, 9.17) is 26.5 Å². The molecule has 0 saturated heterocycles. The first kappa shape index (κ1) is 37.2. The van der Waals surface area contributed by atoms with Crippen molar-refractivity contribution in [2.24, 2.45) is 0 Å². The van der Waals surface area contributed by atoms with E-state index >= 15 is 0 Å². The molecule has 0 unspecified atom stereocenters. The number of benzene rings is 8. The van der Waals surface area contributed by atoms with Crippen LogP contribution in [0.2, 0.25) is 0 Å². The van der Waals surface area contributed by atoms with E-state index in [0.717, 1.165) is 141 Å². The molecule has 8 aromatic carbocycles. The molecule has 0 aliphatic carbocycles. The van der Waals surface area contributed by atoms with Crippen LogP contribution < -0.4 is 0 Å². The second-order valence-electron chi connectivity index (χ2n) is 14.1. The average Bonchev–Trinajstić information content (AvgIpc) is 4.10. The quantitative estimate of drug-likeness (QED) is 0.141. The molecule has 14 rings (SSSR count). The molecule has 6 nitrogen and oxygen atoms in total. The predicted octanol–water partition coefficient (Wildman–Crippen LogP) is 18.6. The number of halogens is 5. The van der Waals surface area contributed by atoms with Gasteiger partial charge in [0.2, 0.25) is 0 Å². The molecule has 6 aromatic heterocycles. The largest absolute Gasteiger partial charge is 0.456 e. The Balaban J connectivity index is 0.000000127. The number of fused-ring (bicyclic) bond motifs is 22. The van der Waals surface area contributed by atoms with Gasteiger partial charge in [0.15, 0.2) is 0 Å². The predicted molar refractivity (Wildman–Crippen MR) is 265 cm³/mol. The van der Waals surface area contributed by atoms with E-state index in [9.17, 15) is 0 Å². The van der Waals surface area contributed by atoms with Crippen LogP contribution >= 0.6 is 84.1 Å². The lowest BCUT2D eigenvalue weighted by molar-refractivity contribution is 0.658. The van der Waals surface area contributed by atoms with Gasteiger partial charge in [0.1, 0.15) is 67.0 Å². The first-order valence-electron chi connectivity index (χ1n) is 18.3. The van der Waals surface area contributed by atoms with E-state index in [2.05, 4.69) is 90.4 Å². The molecule has 6 heterocycles. The smallest absolute Gasteiger partial charge is 0.150 e. The van der Waals surface area contributed by atoms with Crippen LogP contribution in [0.15, 0.2) is 169 Å². The van der Waals surface area contributed by atoms with E-state index in [0.29, 0.717) is 0 Å². The van der Waals surface area contributed by atoms with Gasteiger partial charge in [-0.05, 0) is 92.5 Å². The highest BCUT2D eigenvalue weighted by atomic mass is 127. The summed E-state index contributed by atoms with van der Waals surface area (Å²) < 4.78 is 39.2. The van der Waals surface area contributed by atoms with Crippen LogP contribution in [0, 0.1) is 0 Å². The van der Waals surface area contributed by atoms with E-state index in [-0.39, 0.29) is 24.0 Å². The lowest BCUT2D eigenvalue weighted by Gasteiger charge is -1.98. The molecule has 0 N–H and O–H groups in total. The molecule has 59 heavy (non-hydrogen) atoms. The van der Waals surface area contributed by atoms with Crippen molar-refractivity contribution in [3.63, 3.8) is 0 Å². The lowest BCUT2D eigenvalue weighted by atomic mass is 10.0. The molecule has 14 aromatic rings. The Morgan fingerprint density at radius 2 is 0.678 bits per heavy atom. The summed E-state index contributed by atoms with van der Waals surface area (Å²) in [4.78, 5) is 0. The fourth-order valence-electron chi connectivity index (χ4n) is 8.77. The Labute approximate surface area is 381 Å². The fraction of sp³-hybridized carbons (Fsp3) is 0. The van der Waals surface area contributed by atoms with Crippen LogP contribution in [0.1, 0.15) is 0 Å². The van der Waals surface area contributed by atoms with Gasteiger partial charge in [-0.1, -0.05) is 72.8 Å². The summed E-state index contributed by atoms with van der Waals surface area (Å²) in [5, 5.41) is 12.7. The highest BCUT2D eigenvalue weighted by Crippen LogP contribution is 2.48. The molecule has 0 atom stereocenters. The molecular weight excluding hydrogens is 1120 g/mol. The zero-order valence-electron chi connectivity index (χ0n) is 30.1. The van der Waals surface area contributed by atoms with Gasteiger partial charge in [-0.3, -0.25) is 0 Å². The summed E-state index contributed by atoms with van der Waals surface area (Å²) in [6.45, 7) is 0. The Bertz CT molecular complexity index is 3990. The second-order valence-corrected chi connectivity index (χ2v) is 15.8. The minimum Gasteiger partial charge on any atom is -0.456 e. The van der Waals surface area contributed by atoms with Gasteiger partial charge in [0.25, 0.3) is 0 Å². The summed E-state index contributed by atoms with van der Waals surface area (Å²) in [6, 6.07) is 44.5. The van der Waals surface area contributed by atoms with Crippen LogP contribution in [-0.2, 0) is 0 Å². The van der Waals surface area contributed by atoms with E-state index in [1.165, 1.54) is 0 Å². The maximum absolute atomic E-state index is 6.35. The maximum Gasteiger partial charge on any atom is 0.150 e. The molecule has 0 fully saturated rings. The van der Waals surface area contributed by atoms with Gasteiger partial charge in [-0.2, -0.15) is 0 Å². The van der Waals surface area contributed by atoms with Crippen molar-refractivity contribution in [3.8, 4) is 0 Å². The molecule has 0 amide bonds. The van der Waals surface area contributed by atoms with Gasteiger partial charge in [-0.25, -0.2) is 0 Å². The standard InChI is InChI=1S/C24H10Br2O3.C24H12O3.Br2.HI/c25-13-9-18-22(24-19(13)11-5-1-3-7-15(11)29-24)21-17(27-18)10-14(26)23-20(21)12-6-2-4-8-16(12)28-23;1-3-7-16-13(5-1)14-9-10-20-23(24(14)27-16)22-19(26-20)12-11-18-21(22)15-6-2-4-8-17(15)25-18;1-2;/h1-10H;1-12H;;1H. The molecule has 286 valence electrons. The number of furan rings is 6. The van der Waals surface area contributed by atoms with Crippen LogP contribution in [0.5, 0.6) is 0 Å². The van der Waals surface area contributed by atoms with E-state index in [1.54, 1.807) is 0 Å². The van der Waals surface area contributed by atoms with E-state index in [1.807, 2.05) is 103 Å². The summed E-state index contributed by atoms with van der Waals surface area (Å²) in [5.41, 5.74) is 10.1. The van der Waals surface area contributed by atoms with Crippen molar-refractivity contribution < 1.29 is 26.5 Å². The Kier molecular flexibility index (Phi) is 8.93. The average molecular weight is 1140 g/mol. The topological polar surface area (TPSA) is 78.8 Å². The molecule has 0 spiro atoms. The number of para-hydroxylation sites is 4. The normalized spacial score (nSPS) is 11.9. The van der Waals surface area contributed by atoms with Gasteiger partial charge < -0.3 is 26.5 Å². The molecule has 0 bridgehead atoms. The third kappa shape index (κ3) is 5.37. The first-order valence-corrected chi connectivity index (χ1v) is 23.6.